The van der Waals surface area contributed by atoms with Gasteiger partial charge in [-0.3, -0.25) is 4.57 Å². The number of hydrogen-bond donors (Lipinski definition) is 0. The first-order valence-corrected chi connectivity index (χ1v) is 9.02. The summed E-state index contributed by atoms with van der Waals surface area (Å²) in [5.74, 6) is 0. The minimum Gasteiger partial charge on any atom is -0.305 e. The molecule has 0 unspecified atom stereocenters. The Morgan fingerprint density at radius 2 is 1.45 bits per heavy atom. The van der Waals surface area contributed by atoms with E-state index in [1.807, 2.05) is 30.3 Å². The minimum atomic E-state index is -3.34. The van der Waals surface area contributed by atoms with E-state index in [1.54, 1.807) is 12.2 Å². The molecule has 0 N–H and O–H groups in total. The molecule has 0 amide bonds. The molecule has 4 heteroatoms. The van der Waals surface area contributed by atoms with Crippen LogP contribution in [-0.4, -0.2) is 13.2 Å². The fourth-order valence-corrected chi connectivity index (χ4v) is 3.79. The molecular weight excluding hydrogens is 295 g/mol. The van der Waals surface area contributed by atoms with Gasteiger partial charge in [0, 0.05) is 0 Å². The van der Waals surface area contributed by atoms with E-state index in [4.69, 9.17) is 9.05 Å². The second kappa shape index (κ2) is 10.3. The number of aryl methyl sites for hydroxylation is 1. The number of allylic oxidation sites excluding steroid dienone is 1. The van der Waals surface area contributed by atoms with Crippen molar-refractivity contribution in [2.75, 3.05) is 13.2 Å². The minimum absolute atomic E-state index is 0.324. The SMILES string of the molecule is C=CCCOP(=O)(OCCC=C)c1ccccc1CCC=C. The summed E-state index contributed by atoms with van der Waals surface area (Å²) in [6.07, 6.45) is 8.15. The lowest BCUT2D eigenvalue weighted by Gasteiger charge is -2.21. The summed E-state index contributed by atoms with van der Waals surface area (Å²) >= 11 is 0. The molecule has 0 bridgehead atoms. The van der Waals surface area contributed by atoms with Gasteiger partial charge in [0.15, 0.2) is 0 Å². The normalized spacial score (nSPS) is 11.1. The molecule has 0 radical (unpaired) electrons. The van der Waals surface area contributed by atoms with Crippen LogP contribution < -0.4 is 5.30 Å². The fraction of sp³-hybridized carbons (Fsp3) is 0.333. The van der Waals surface area contributed by atoms with Crippen molar-refractivity contribution in [3.63, 3.8) is 0 Å². The Morgan fingerprint density at radius 3 is 2.00 bits per heavy atom. The molecule has 0 aliphatic carbocycles. The van der Waals surface area contributed by atoms with Crippen molar-refractivity contribution in [3.8, 4) is 0 Å². The maximum atomic E-state index is 13.2. The van der Waals surface area contributed by atoms with E-state index in [-0.39, 0.29) is 0 Å². The molecule has 0 aromatic heterocycles. The molecule has 0 saturated carbocycles. The van der Waals surface area contributed by atoms with Gasteiger partial charge in [0.05, 0.1) is 18.5 Å². The standard InChI is InChI=1S/C18H25O3P/c1-4-7-12-17-13-10-11-14-18(17)22(19,20-15-8-5-2)21-16-9-6-3/h4-6,10-11,13-14H,1-3,7-9,12,15-16H2. The van der Waals surface area contributed by atoms with E-state index in [1.165, 1.54) is 0 Å². The molecule has 1 aromatic carbocycles. The highest BCUT2D eigenvalue weighted by molar-refractivity contribution is 7.62. The first-order chi connectivity index (χ1) is 10.7. The predicted octanol–water partition coefficient (Wildman–Crippen LogP) is 4.81. The van der Waals surface area contributed by atoms with Gasteiger partial charge in [0.1, 0.15) is 0 Å². The largest absolute Gasteiger partial charge is 0.361 e. The first kappa shape index (κ1) is 18.6. The molecule has 0 aliphatic rings. The van der Waals surface area contributed by atoms with Gasteiger partial charge < -0.3 is 9.05 Å². The number of rotatable bonds is 12. The van der Waals surface area contributed by atoms with Crippen LogP contribution in [0, 0.1) is 0 Å². The third kappa shape index (κ3) is 5.76. The highest BCUT2D eigenvalue weighted by atomic mass is 31.2. The van der Waals surface area contributed by atoms with Crippen molar-refractivity contribution in [1.82, 2.24) is 0 Å². The van der Waals surface area contributed by atoms with Crippen LogP contribution >= 0.6 is 7.60 Å². The van der Waals surface area contributed by atoms with Crippen molar-refractivity contribution in [1.29, 1.82) is 0 Å². The van der Waals surface area contributed by atoms with Crippen LogP contribution in [0.25, 0.3) is 0 Å². The van der Waals surface area contributed by atoms with Crippen molar-refractivity contribution < 1.29 is 13.6 Å². The molecule has 0 saturated heterocycles. The lowest BCUT2D eigenvalue weighted by atomic mass is 10.1. The highest BCUT2D eigenvalue weighted by Crippen LogP contribution is 2.48. The summed E-state index contributed by atoms with van der Waals surface area (Å²) in [4.78, 5) is 0. The van der Waals surface area contributed by atoms with Crippen LogP contribution in [0.5, 0.6) is 0 Å². The summed E-state index contributed by atoms with van der Waals surface area (Å²) in [5, 5.41) is 0.643. The monoisotopic (exact) mass is 320 g/mol. The molecule has 0 aliphatic heterocycles. The van der Waals surface area contributed by atoms with Gasteiger partial charge in [-0.25, -0.2) is 0 Å². The van der Waals surface area contributed by atoms with Crippen LogP contribution in [0.15, 0.2) is 62.2 Å². The van der Waals surface area contributed by atoms with Crippen LogP contribution in [0.3, 0.4) is 0 Å². The van der Waals surface area contributed by atoms with E-state index in [2.05, 4.69) is 19.7 Å². The molecule has 0 atom stereocenters. The summed E-state index contributed by atoms with van der Waals surface area (Å²) < 4.78 is 24.5. The van der Waals surface area contributed by atoms with E-state index in [9.17, 15) is 4.57 Å². The quantitative estimate of drug-likeness (QED) is 0.315. The maximum absolute atomic E-state index is 13.2. The molecule has 22 heavy (non-hydrogen) atoms. The number of benzene rings is 1. The Labute approximate surface area is 133 Å². The second-order valence-electron chi connectivity index (χ2n) is 4.77. The first-order valence-electron chi connectivity index (χ1n) is 7.48. The molecule has 0 fully saturated rings. The van der Waals surface area contributed by atoms with Gasteiger partial charge in [-0.15, -0.1) is 19.7 Å². The van der Waals surface area contributed by atoms with Crippen LogP contribution in [0.1, 0.15) is 24.8 Å². The smallest absolute Gasteiger partial charge is 0.305 e. The molecule has 3 nitrogen and oxygen atoms in total. The van der Waals surface area contributed by atoms with Crippen molar-refractivity contribution in [2.24, 2.45) is 0 Å². The zero-order valence-electron chi connectivity index (χ0n) is 13.1. The molecule has 0 spiro atoms. The summed E-state index contributed by atoms with van der Waals surface area (Å²) in [6, 6.07) is 7.56. The average Bonchev–Trinajstić information content (AvgIpc) is 2.54. The number of hydrogen-bond acceptors (Lipinski definition) is 3. The third-order valence-corrected chi connectivity index (χ3v) is 5.14. The Hall–Kier alpha value is -1.41. The average molecular weight is 320 g/mol. The zero-order valence-corrected chi connectivity index (χ0v) is 14.0. The zero-order chi connectivity index (χ0) is 16.3. The van der Waals surface area contributed by atoms with Gasteiger partial charge in [0.25, 0.3) is 0 Å². The van der Waals surface area contributed by atoms with E-state index < -0.39 is 7.60 Å². The van der Waals surface area contributed by atoms with Gasteiger partial charge in [0.2, 0.25) is 0 Å². The second-order valence-corrected chi connectivity index (χ2v) is 6.77. The molecule has 0 heterocycles. The lowest BCUT2D eigenvalue weighted by molar-refractivity contribution is 0.218. The third-order valence-electron chi connectivity index (χ3n) is 3.07. The lowest BCUT2D eigenvalue weighted by Crippen LogP contribution is -2.16. The van der Waals surface area contributed by atoms with E-state index in [0.29, 0.717) is 31.4 Å². The molecule has 1 rings (SSSR count). The Balaban J connectivity index is 3.02. The Morgan fingerprint density at radius 1 is 0.909 bits per heavy atom. The maximum Gasteiger partial charge on any atom is 0.361 e. The van der Waals surface area contributed by atoms with Crippen molar-refractivity contribution >= 4 is 12.9 Å². The van der Waals surface area contributed by atoms with Crippen LogP contribution in [0.2, 0.25) is 0 Å². The molecule has 120 valence electrons. The molecular formula is C18H25O3P. The Bertz CT molecular complexity index is 519. The van der Waals surface area contributed by atoms with Gasteiger partial charge in [-0.2, -0.15) is 0 Å². The predicted molar refractivity (Wildman–Crippen MR) is 93.7 cm³/mol. The summed E-state index contributed by atoms with van der Waals surface area (Å²) in [7, 11) is -3.34. The van der Waals surface area contributed by atoms with E-state index in [0.717, 1.165) is 18.4 Å². The molecule has 1 aromatic rings. The summed E-state index contributed by atoms with van der Waals surface area (Å²) in [5.41, 5.74) is 0.975. The Kier molecular flexibility index (Phi) is 8.76. The van der Waals surface area contributed by atoms with E-state index >= 15 is 0 Å². The van der Waals surface area contributed by atoms with Crippen molar-refractivity contribution in [2.45, 2.75) is 25.7 Å². The van der Waals surface area contributed by atoms with Crippen LogP contribution in [0.4, 0.5) is 0 Å². The van der Waals surface area contributed by atoms with Gasteiger partial charge >= 0.3 is 7.60 Å². The van der Waals surface area contributed by atoms with Gasteiger partial charge in [-0.1, -0.05) is 36.4 Å². The fourth-order valence-electron chi connectivity index (χ4n) is 1.94. The van der Waals surface area contributed by atoms with Gasteiger partial charge in [-0.05, 0) is 37.3 Å². The highest BCUT2D eigenvalue weighted by Gasteiger charge is 2.29. The van der Waals surface area contributed by atoms with Crippen LogP contribution in [-0.2, 0) is 20.0 Å². The van der Waals surface area contributed by atoms with Crippen molar-refractivity contribution in [3.05, 3.63) is 67.8 Å². The summed E-state index contributed by atoms with van der Waals surface area (Å²) in [6.45, 7) is 11.7. The topological polar surface area (TPSA) is 35.5 Å².